The van der Waals surface area contributed by atoms with Gasteiger partial charge in [0, 0.05) is 5.56 Å². The number of hydrogen-bond donors (Lipinski definition) is 2. The van der Waals surface area contributed by atoms with Crippen molar-refractivity contribution in [2.45, 2.75) is 12.3 Å². The third kappa shape index (κ3) is 3.36. The lowest BCUT2D eigenvalue weighted by molar-refractivity contribution is -0.145. The Bertz CT molecular complexity index is 668. The van der Waals surface area contributed by atoms with E-state index in [-0.39, 0.29) is 5.76 Å². The number of carbonyl (C=O) groups is 3. The fourth-order valence-electron chi connectivity index (χ4n) is 1.97. The minimum Gasteiger partial charge on any atom is -0.481 e. The molecule has 1 atom stereocenters. The van der Waals surface area contributed by atoms with E-state index in [1.807, 2.05) is 0 Å². The molecular formula is C15H12O6. The van der Waals surface area contributed by atoms with Crippen LogP contribution < -0.4 is 0 Å². The molecule has 1 aromatic carbocycles. The van der Waals surface area contributed by atoms with Gasteiger partial charge in [-0.25, -0.2) is 0 Å². The zero-order valence-corrected chi connectivity index (χ0v) is 10.9. The molecule has 1 heterocycles. The number of rotatable bonds is 6. The summed E-state index contributed by atoms with van der Waals surface area (Å²) < 4.78 is 5.25. The summed E-state index contributed by atoms with van der Waals surface area (Å²) in [6.07, 6.45) is 0.107. The van der Waals surface area contributed by atoms with Crippen LogP contribution in [0.2, 0.25) is 0 Å². The van der Waals surface area contributed by atoms with Gasteiger partial charge in [0.2, 0.25) is 0 Å². The molecule has 108 valence electrons. The number of hydrogen-bond acceptors (Lipinski definition) is 4. The van der Waals surface area contributed by atoms with Crippen molar-refractivity contribution in [3.63, 3.8) is 0 Å². The predicted molar refractivity (Wildman–Crippen MR) is 72.2 cm³/mol. The Kier molecular flexibility index (Phi) is 4.18. The number of aldehydes is 1. The molecule has 0 fully saturated rings. The molecule has 2 aromatic rings. The summed E-state index contributed by atoms with van der Waals surface area (Å²) in [5.41, 5.74) is 1.07. The quantitative estimate of drug-likeness (QED) is 0.791. The highest BCUT2D eigenvalue weighted by Gasteiger charge is 2.23. The zero-order chi connectivity index (χ0) is 15.4. The van der Waals surface area contributed by atoms with Crippen LogP contribution in [-0.2, 0) is 9.59 Å². The Hall–Kier alpha value is -2.89. The van der Waals surface area contributed by atoms with Gasteiger partial charge in [0.05, 0.1) is 12.3 Å². The molecule has 2 N–H and O–H groups in total. The van der Waals surface area contributed by atoms with Crippen molar-refractivity contribution in [1.82, 2.24) is 0 Å². The number of furan rings is 1. The molecule has 21 heavy (non-hydrogen) atoms. The van der Waals surface area contributed by atoms with Crippen molar-refractivity contribution in [3.05, 3.63) is 47.7 Å². The number of carbonyl (C=O) groups excluding carboxylic acids is 1. The lowest BCUT2D eigenvalue weighted by atomic mass is 9.95. The summed E-state index contributed by atoms with van der Waals surface area (Å²) in [7, 11) is 0. The number of carboxylic acids is 2. The minimum absolute atomic E-state index is 0.198. The van der Waals surface area contributed by atoms with Crippen molar-refractivity contribution in [2.24, 2.45) is 0 Å². The molecule has 0 amide bonds. The van der Waals surface area contributed by atoms with Gasteiger partial charge in [-0.3, -0.25) is 14.4 Å². The molecular weight excluding hydrogens is 276 g/mol. The van der Waals surface area contributed by atoms with E-state index in [9.17, 15) is 14.4 Å². The number of aliphatic carboxylic acids is 2. The maximum atomic E-state index is 11.1. The molecule has 1 unspecified atom stereocenters. The third-order valence-electron chi connectivity index (χ3n) is 3.02. The van der Waals surface area contributed by atoms with E-state index in [2.05, 4.69) is 0 Å². The molecule has 0 aliphatic heterocycles. The molecule has 0 aliphatic carbocycles. The molecule has 2 rings (SSSR count). The Morgan fingerprint density at radius 3 is 2.24 bits per heavy atom. The van der Waals surface area contributed by atoms with Crippen molar-refractivity contribution in [1.29, 1.82) is 0 Å². The van der Waals surface area contributed by atoms with Crippen molar-refractivity contribution >= 4 is 18.2 Å². The van der Waals surface area contributed by atoms with Crippen LogP contribution in [0.1, 0.15) is 28.5 Å². The van der Waals surface area contributed by atoms with Gasteiger partial charge < -0.3 is 14.6 Å². The molecule has 0 spiro atoms. The highest BCUT2D eigenvalue weighted by atomic mass is 16.4. The van der Waals surface area contributed by atoms with Crippen LogP contribution in [-0.4, -0.2) is 28.4 Å². The summed E-state index contributed by atoms with van der Waals surface area (Å²) in [5.74, 6) is -2.78. The second-order valence-corrected chi connectivity index (χ2v) is 4.43. The normalized spacial score (nSPS) is 11.8. The first-order valence-corrected chi connectivity index (χ1v) is 6.11. The average molecular weight is 288 g/mol. The van der Waals surface area contributed by atoms with E-state index in [4.69, 9.17) is 14.6 Å². The largest absolute Gasteiger partial charge is 0.481 e. The van der Waals surface area contributed by atoms with E-state index in [0.29, 0.717) is 23.2 Å². The second kappa shape index (κ2) is 6.04. The van der Waals surface area contributed by atoms with Crippen molar-refractivity contribution in [3.8, 4) is 11.3 Å². The summed E-state index contributed by atoms with van der Waals surface area (Å²) in [6, 6.07) is 9.49. The maximum absolute atomic E-state index is 11.1. The van der Waals surface area contributed by atoms with Gasteiger partial charge in [-0.2, -0.15) is 0 Å². The van der Waals surface area contributed by atoms with E-state index in [1.54, 1.807) is 30.3 Å². The smallest absolute Gasteiger partial charge is 0.311 e. The van der Waals surface area contributed by atoms with Crippen LogP contribution in [0.4, 0.5) is 0 Å². The lowest BCUT2D eigenvalue weighted by Gasteiger charge is -2.10. The van der Waals surface area contributed by atoms with Crippen LogP contribution in [0.5, 0.6) is 0 Å². The Balaban J connectivity index is 2.26. The topological polar surface area (TPSA) is 105 Å². The van der Waals surface area contributed by atoms with Gasteiger partial charge in [0.25, 0.3) is 0 Å². The van der Waals surface area contributed by atoms with Crippen LogP contribution in [0.15, 0.2) is 40.8 Å². The molecule has 6 heteroatoms. The predicted octanol–water partition coefficient (Wildman–Crippen LogP) is 2.40. The van der Waals surface area contributed by atoms with Gasteiger partial charge in [-0.05, 0) is 17.7 Å². The SMILES string of the molecule is O=Cc1ccc(-c2ccc(C(CC(=O)O)C(=O)O)cc2)o1. The third-order valence-corrected chi connectivity index (χ3v) is 3.02. The monoisotopic (exact) mass is 288 g/mol. The van der Waals surface area contributed by atoms with Gasteiger partial charge >= 0.3 is 11.9 Å². The summed E-state index contributed by atoms with van der Waals surface area (Å²) in [5, 5.41) is 17.8. The molecule has 6 nitrogen and oxygen atoms in total. The Morgan fingerprint density at radius 1 is 1.10 bits per heavy atom. The van der Waals surface area contributed by atoms with Crippen LogP contribution in [0.25, 0.3) is 11.3 Å². The van der Waals surface area contributed by atoms with E-state index in [1.165, 1.54) is 6.07 Å². The number of carboxylic acid groups (broad SMARTS) is 2. The lowest BCUT2D eigenvalue weighted by Crippen LogP contribution is -2.15. The highest BCUT2D eigenvalue weighted by Crippen LogP contribution is 2.26. The van der Waals surface area contributed by atoms with E-state index in [0.717, 1.165) is 0 Å². The maximum Gasteiger partial charge on any atom is 0.311 e. The average Bonchev–Trinajstić information content (AvgIpc) is 2.93. The van der Waals surface area contributed by atoms with Crippen LogP contribution in [0.3, 0.4) is 0 Å². The first-order chi connectivity index (χ1) is 10.0. The van der Waals surface area contributed by atoms with E-state index < -0.39 is 24.3 Å². The molecule has 0 saturated carbocycles. The zero-order valence-electron chi connectivity index (χ0n) is 10.9. The Labute approximate surface area is 119 Å². The second-order valence-electron chi connectivity index (χ2n) is 4.43. The molecule has 0 aliphatic rings. The molecule has 0 bridgehead atoms. The van der Waals surface area contributed by atoms with Crippen LogP contribution in [0, 0.1) is 0 Å². The molecule has 1 aromatic heterocycles. The van der Waals surface area contributed by atoms with Crippen molar-refractivity contribution < 1.29 is 29.0 Å². The van der Waals surface area contributed by atoms with Gasteiger partial charge in [0.1, 0.15) is 5.76 Å². The standard InChI is InChI=1S/C15H12O6/c16-8-11-5-6-13(21-11)10-3-1-9(2-4-10)12(15(19)20)7-14(17)18/h1-6,8,12H,7H2,(H,17,18)(H,19,20). The highest BCUT2D eigenvalue weighted by molar-refractivity contribution is 5.82. The first kappa shape index (κ1) is 14.5. The van der Waals surface area contributed by atoms with Crippen molar-refractivity contribution in [2.75, 3.05) is 0 Å². The minimum atomic E-state index is -1.19. The van der Waals surface area contributed by atoms with Gasteiger partial charge in [-0.1, -0.05) is 24.3 Å². The summed E-state index contributed by atoms with van der Waals surface area (Å²) in [4.78, 5) is 32.4. The fourth-order valence-corrected chi connectivity index (χ4v) is 1.97. The summed E-state index contributed by atoms with van der Waals surface area (Å²) in [6.45, 7) is 0. The fraction of sp³-hybridized carbons (Fsp3) is 0.133. The Morgan fingerprint density at radius 2 is 1.76 bits per heavy atom. The van der Waals surface area contributed by atoms with Gasteiger partial charge in [0.15, 0.2) is 12.0 Å². The van der Waals surface area contributed by atoms with Crippen LogP contribution >= 0.6 is 0 Å². The first-order valence-electron chi connectivity index (χ1n) is 6.11. The number of benzene rings is 1. The van der Waals surface area contributed by atoms with E-state index >= 15 is 0 Å². The summed E-state index contributed by atoms with van der Waals surface area (Å²) >= 11 is 0. The van der Waals surface area contributed by atoms with Gasteiger partial charge in [-0.15, -0.1) is 0 Å². The molecule has 0 radical (unpaired) electrons. The molecule has 0 saturated heterocycles.